The summed E-state index contributed by atoms with van der Waals surface area (Å²) in [6, 6.07) is 7.81. The van der Waals surface area contributed by atoms with Crippen LogP contribution in [0, 0.1) is 0 Å². The number of nitrogens with zero attached hydrogens (tertiary/aromatic N) is 1. The number of aromatic nitrogens is 1. The van der Waals surface area contributed by atoms with E-state index in [0.29, 0.717) is 6.54 Å². The van der Waals surface area contributed by atoms with Crippen molar-refractivity contribution < 1.29 is 4.42 Å². The van der Waals surface area contributed by atoms with Crippen LogP contribution in [0.5, 0.6) is 0 Å². The lowest BCUT2D eigenvalue weighted by atomic mass is 10.3. The molecule has 0 spiro atoms. The predicted molar refractivity (Wildman–Crippen MR) is 60.4 cm³/mol. The van der Waals surface area contributed by atoms with E-state index in [1.54, 1.807) is 24.2 Å². The highest BCUT2D eigenvalue weighted by atomic mass is 32.2. The summed E-state index contributed by atoms with van der Waals surface area (Å²) >= 11 is 1.69. The van der Waals surface area contributed by atoms with Gasteiger partial charge in [0.25, 0.3) is 0 Å². The second-order valence-corrected chi connectivity index (χ2v) is 4.04. The van der Waals surface area contributed by atoms with Gasteiger partial charge in [0, 0.05) is 17.6 Å². The first-order chi connectivity index (χ1) is 7.40. The Bertz CT molecular complexity index is 414. The van der Waals surface area contributed by atoms with E-state index in [1.807, 2.05) is 24.3 Å². The van der Waals surface area contributed by atoms with Crippen LogP contribution in [0.15, 0.2) is 46.0 Å². The molecule has 0 radical (unpaired) electrons. The Balaban J connectivity index is 2.04. The molecule has 0 fully saturated rings. The molecule has 0 aliphatic carbocycles. The van der Waals surface area contributed by atoms with Gasteiger partial charge in [-0.2, -0.15) is 0 Å². The first-order valence-electron chi connectivity index (χ1n) is 4.69. The fourth-order valence-electron chi connectivity index (χ4n) is 1.25. The normalized spacial score (nSPS) is 10.5. The summed E-state index contributed by atoms with van der Waals surface area (Å²) in [6.07, 6.45) is 3.45. The summed E-state index contributed by atoms with van der Waals surface area (Å²) in [6.45, 7) is 0.474. The molecular weight excluding hydrogens is 208 g/mol. The molecule has 4 heteroatoms. The van der Waals surface area contributed by atoms with Crippen molar-refractivity contribution in [2.75, 3.05) is 0 Å². The predicted octanol–water partition coefficient (Wildman–Crippen LogP) is 2.43. The van der Waals surface area contributed by atoms with Crippen molar-refractivity contribution in [2.45, 2.75) is 17.2 Å². The molecule has 0 saturated heterocycles. The van der Waals surface area contributed by atoms with E-state index >= 15 is 0 Å². The summed E-state index contributed by atoms with van der Waals surface area (Å²) in [7, 11) is 0. The third kappa shape index (κ3) is 2.61. The number of thioether (sulfide) groups is 1. The topological polar surface area (TPSA) is 52.0 Å². The van der Waals surface area contributed by atoms with Crippen LogP contribution in [-0.4, -0.2) is 4.98 Å². The van der Waals surface area contributed by atoms with Gasteiger partial charge in [0.1, 0.15) is 5.76 Å². The maximum absolute atomic E-state index is 5.60. The molecule has 2 rings (SSSR count). The van der Waals surface area contributed by atoms with Crippen molar-refractivity contribution in [3.05, 3.63) is 48.2 Å². The number of hydrogen-bond acceptors (Lipinski definition) is 4. The minimum atomic E-state index is 0.474. The van der Waals surface area contributed by atoms with Crippen LogP contribution in [0.3, 0.4) is 0 Å². The fraction of sp³-hybridized carbons (Fsp3) is 0.182. The molecule has 0 atom stereocenters. The molecule has 2 heterocycles. The quantitative estimate of drug-likeness (QED) is 0.804. The van der Waals surface area contributed by atoms with Crippen molar-refractivity contribution in [3.63, 3.8) is 0 Å². The molecule has 0 unspecified atom stereocenters. The fourth-order valence-corrected chi connectivity index (χ4v) is 2.19. The molecule has 0 saturated carbocycles. The summed E-state index contributed by atoms with van der Waals surface area (Å²) < 4.78 is 5.26. The number of rotatable bonds is 4. The van der Waals surface area contributed by atoms with E-state index in [4.69, 9.17) is 10.2 Å². The highest BCUT2D eigenvalue weighted by Gasteiger charge is 2.03. The second kappa shape index (κ2) is 5.00. The van der Waals surface area contributed by atoms with Crippen molar-refractivity contribution in [1.29, 1.82) is 0 Å². The van der Waals surface area contributed by atoms with Crippen molar-refractivity contribution in [1.82, 2.24) is 4.98 Å². The number of pyridine rings is 1. The zero-order chi connectivity index (χ0) is 10.5. The molecule has 2 N–H and O–H groups in total. The van der Waals surface area contributed by atoms with Gasteiger partial charge < -0.3 is 10.2 Å². The minimum absolute atomic E-state index is 0.474. The number of furan rings is 1. The van der Waals surface area contributed by atoms with Crippen LogP contribution < -0.4 is 5.73 Å². The van der Waals surface area contributed by atoms with Gasteiger partial charge in [-0.05, 0) is 24.3 Å². The van der Waals surface area contributed by atoms with E-state index in [2.05, 4.69) is 4.98 Å². The molecule has 0 amide bonds. The van der Waals surface area contributed by atoms with Crippen LogP contribution in [0.1, 0.15) is 11.5 Å². The standard InChI is InChI=1S/C11H12N2OS/c12-7-10-11(4-1-5-13-10)15-8-9-3-2-6-14-9/h1-6H,7-8,12H2. The monoisotopic (exact) mass is 220 g/mol. The summed E-state index contributed by atoms with van der Waals surface area (Å²) in [5.74, 6) is 1.78. The molecule has 3 nitrogen and oxygen atoms in total. The van der Waals surface area contributed by atoms with Gasteiger partial charge in [0.2, 0.25) is 0 Å². The van der Waals surface area contributed by atoms with Gasteiger partial charge in [-0.15, -0.1) is 11.8 Å². The maximum atomic E-state index is 5.60. The zero-order valence-corrected chi connectivity index (χ0v) is 9.04. The first kappa shape index (κ1) is 10.3. The smallest absolute Gasteiger partial charge is 0.113 e. The second-order valence-electron chi connectivity index (χ2n) is 3.02. The SMILES string of the molecule is NCc1ncccc1SCc1ccco1. The van der Waals surface area contributed by atoms with Crippen LogP contribution in [-0.2, 0) is 12.3 Å². The van der Waals surface area contributed by atoms with E-state index in [9.17, 15) is 0 Å². The van der Waals surface area contributed by atoms with Crippen LogP contribution >= 0.6 is 11.8 Å². The van der Waals surface area contributed by atoms with Gasteiger partial charge in [-0.3, -0.25) is 4.98 Å². The van der Waals surface area contributed by atoms with Gasteiger partial charge in [0.05, 0.1) is 17.7 Å². The Morgan fingerprint density at radius 1 is 1.33 bits per heavy atom. The lowest BCUT2D eigenvalue weighted by molar-refractivity contribution is 0.530. The van der Waals surface area contributed by atoms with Gasteiger partial charge >= 0.3 is 0 Å². The molecule has 0 aliphatic heterocycles. The maximum Gasteiger partial charge on any atom is 0.113 e. The lowest BCUT2D eigenvalue weighted by Gasteiger charge is -2.04. The largest absolute Gasteiger partial charge is 0.468 e. The van der Waals surface area contributed by atoms with Crippen molar-refractivity contribution in [2.24, 2.45) is 5.73 Å². The van der Waals surface area contributed by atoms with Crippen LogP contribution in [0.4, 0.5) is 0 Å². The minimum Gasteiger partial charge on any atom is -0.468 e. The van der Waals surface area contributed by atoms with E-state index < -0.39 is 0 Å². The third-order valence-corrected chi connectivity index (χ3v) is 3.10. The van der Waals surface area contributed by atoms with Gasteiger partial charge in [-0.25, -0.2) is 0 Å². The van der Waals surface area contributed by atoms with Crippen LogP contribution in [0.2, 0.25) is 0 Å². The third-order valence-electron chi connectivity index (χ3n) is 1.99. The Kier molecular flexibility index (Phi) is 3.42. The molecule has 15 heavy (non-hydrogen) atoms. The molecule has 78 valence electrons. The number of hydrogen-bond donors (Lipinski definition) is 1. The lowest BCUT2D eigenvalue weighted by Crippen LogP contribution is -2.00. The van der Waals surface area contributed by atoms with Crippen LogP contribution in [0.25, 0.3) is 0 Å². The van der Waals surface area contributed by atoms with Gasteiger partial charge in [0.15, 0.2) is 0 Å². The highest BCUT2D eigenvalue weighted by molar-refractivity contribution is 7.98. The highest BCUT2D eigenvalue weighted by Crippen LogP contribution is 2.24. The van der Waals surface area contributed by atoms with Gasteiger partial charge in [-0.1, -0.05) is 0 Å². The van der Waals surface area contributed by atoms with Crippen molar-refractivity contribution >= 4 is 11.8 Å². The molecule has 2 aromatic heterocycles. The Labute approximate surface area is 92.7 Å². The Morgan fingerprint density at radius 2 is 2.27 bits per heavy atom. The average Bonchev–Trinajstić information content (AvgIpc) is 2.79. The molecule has 0 bridgehead atoms. The molecule has 2 aromatic rings. The zero-order valence-electron chi connectivity index (χ0n) is 8.22. The average molecular weight is 220 g/mol. The summed E-state index contributed by atoms with van der Waals surface area (Å²) in [4.78, 5) is 5.34. The molecule has 0 aliphatic rings. The Morgan fingerprint density at radius 3 is 3.00 bits per heavy atom. The number of nitrogens with two attached hydrogens (primary N) is 1. The van der Waals surface area contributed by atoms with E-state index in [-0.39, 0.29) is 0 Å². The van der Waals surface area contributed by atoms with E-state index in [1.165, 1.54) is 0 Å². The van der Waals surface area contributed by atoms with Crippen molar-refractivity contribution in [3.8, 4) is 0 Å². The summed E-state index contributed by atoms with van der Waals surface area (Å²) in [5, 5.41) is 0. The molecular formula is C11H12N2OS. The first-order valence-corrected chi connectivity index (χ1v) is 5.68. The molecule has 0 aromatic carbocycles. The summed E-state index contributed by atoms with van der Waals surface area (Å²) in [5.41, 5.74) is 6.54. The Hall–Kier alpha value is -1.26. The van der Waals surface area contributed by atoms with E-state index in [0.717, 1.165) is 22.1 Å².